The normalized spacial score (nSPS) is 16.9. The number of amides is 1. The van der Waals surface area contributed by atoms with Crippen LogP contribution in [0.2, 0.25) is 0 Å². The molecular formula is C18H27FN2O3. The summed E-state index contributed by atoms with van der Waals surface area (Å²) in [6, 6.07) is 5.03. The first-order valence-electron chi connectivity index (χ1n) is 8.65. The minimum Gasteiger partial charge on any atom is -0.393 e. The molecular weight excluding hydrogens is 311 g/mol. The van der Waals surface area contributed by atoms with Crippen LogP contribution in [0.5, 0.6) is 0 Å². The molecule has 1 heterocycles. The number of piperidine rings is 1. The van der Waals surface area contributed by atoms with Crippen molar-refractivity contribution < 1.29 is 19.0 Å². The predicted molar refractivity (Wildman–Crippen MR) is 91.4 cm³/mol. The summed E-state index contributed by atoms with van der Waals surface area (Å²) in [5.41, 5.74) is 1.27. The zero-order valence-electron chi connectivity index (χ0n) is 14.4. The van der Waals surface area contributed by atoms with Crippen molar-refractivity contribution in [2.75, 3.05) is 24.6 Å². The van der Waals surface area contributed by atoms with Crippen molar-refractivity contribution in [1.29, 1.82) is 0 Å². The summed E-state index contributed by atoms with van der Waals surface area (Å²) in [5.74, 6) is -0.469. The Balaban J connectivity index is 1.93. The maximum atomic E-state index is 14.4. The van der Waals surface area contributed by atoms with E-state index in [1.165, 1.54) is 6.07 Å². The third kappa shape index (κ3) is 4.92. The lowest BCUT2D eigenvalue weighted by Crippen LogP contribution is -2.36. The molecule has 1 unspecified atom stereocenters. The Labute approximate surface area is 142 Å². The van der Waals surface area contributed by atoms with Gasteiger partial charge in [0, 0.05) is 26.2 Å². The molecule has 0 saturated carbocycles. The number of nitrogens with one attached hydrogen (secondary N) is 1. The number of rotatable bonds is 7. The first-order chi connectivity index (χ1) is 11.5. The molecule has 0 aromatic heterocycles. The Hall–Kier alpha value is -1.66. The minimum absolute atomic E-state index is 0.172. The van der Waals surface area contributed by atoms with Crippen LogP contribution in [-0.4, -0.2) is 42.9 Å². The quantitative estimate of drug-likeness (QED) is 0.800. The molecule has 0 radical (unpaired) electrons. The van der Waals surface area contributed by atoms with Gasteiger partial charge in [0.15, 0.2) is 0 Å². The number of aliphatic hydroxyl groups excluding tert-OH is 1. The Morgan fingerprint density at radius 2 is 2.12 bits per heavy atom. The maximum Gasteiger partial charge on any atom is 0.249 e. The molecule has 2 N–H and O–H groups in total. The van der Waals surface area contributed by atoms with E-state index in [-0.39, 0.29) is 24.4 Å². The fraction of sp³-hybridized carbons (Fsp3) is 0.611. The van der Waals surface area contributed by atoms with Crippen LogP contribution in [0.25, 0.3) is 0 Å². The summed E-state index contributed by atoms with van der Waals surface area (Å²) in [6.07, 6.45) is 1.18. The zero-order valence-corrected chi connectivity index (χ0v) is 14.4. The first-order valence-corrected chi connectivity index (χ1v) is 8.65. The number of carbonyl (C=O) groups is 1. The molecule has 1 aromatic carbocycles. The molecule has 5 nitrogen and oxygen atoms in total. The van der Waals surface area contributed by atoms with Gasteiger partial charge in [0.2, 0.25) is 5.91 Å². The van der Waals surface area contributed by atoms with E-state index < -0.39 is 6.10 Å². The number of hydrogen-bond donors (Lipinski definition) is 2. The molecule has 2 rings (SSSR count). The molecule has 134 valence electrons. The Morgan fingerprint density at radius 1 is 1.42 bits per heavy atom. The maximum absolute atomic E-state index is 14.4. The molecule has 0 spiro atoms. The van der Waals surface area contributed by atoms with E-state index in [0.29, 0.717) is 50.2 Å². The second-order valence-electron chi connectivity index (χ2n) is 6.07. The number of carbonyl (C=O) groups excluding carboxylic acids is 1. The van der Waals surface area contributed by atoms with E-state index in [9.17, 15) is 14.3 Å². The number of hydrogen-bond acceptors (Lipinski definition) is 4. The summed E-state index contributed by atoms with van der Waals surface area (Å²) in [4.78, 5) is 14.0. The first kappa shape index (κ1) is 18.7. The summed E-state index contributed by atoms with van der Waals surface area (Å²) in [5, 5.41) is 12.3. The molecule has 24 heavy (non-hydrogen) atoms. The average molecular weight is 338 g/mol. The van der Waals surface area contributed by atoms with Crippen molar-refractivity contribution in [2.45, 2.75) is 51.9 Å². The van der Waals surface area contributed by atoms with Crippen LogP contribution < -0.4 is 10.2 Å². The minimum atomic E-state index is -0.459. The van der Waals surface area contributed by atoms with Gasteiger partial charge in [-0.05, 0) is 43.9 Å². The number of aliphatic hydroxyl groups is 1. The highest BCUT2D eigenvalue weighted by atomic mass is 19.1. The fourth-order valence-electron chi connectivity index (χ4n) is 2.91. The number of anilines is 1. The van der Waals surface area contributed by atoms with Crippen LogP contribution in [0, 0.1) is 5.82 Å². The Bertz CT molecular complexity index is 545. The van der Waals surface area contributed by atoms with Crippen LogP contribution in [-0.2, 0) is 16.1 Å². The predicted octanol–water partition coefficient (Wildman–Crippen LogP) is 2.22. The number of nitrogens with zero attached hydrogens (tertiary/aromatic N) is 1. The largest absolute Gasteiger partial charge is 0.393 e. The highest BCUT2D eigenvalue weighted by Gasteiger charge is 2.20. The van der Waals surface area contributed by atoms with E-state index in [0.717, 1.165) is 0 Å². The van der Waals surface area contributed by atoms with Gasteiger partial charge in [0.1, 0.15) is 11.9 Å². The van der Waals surface area contributed by atoms with Crippen LogP contribution in [0.4, 0.5) is 10.1 Å². The van der Waals surface area contributed by atoms with Crippen LogP contribution in [0.15, 0.2) is 18.2 Å². The molecule has 0 aliphatic carbocycles. The summed E-state index contributed by atoms with van der Waals surface area (Å²) in [7, 11) is 0. The lowest BCUT2D eigenvalue weighted by molar-refractivity contribution is -0.132. The Kier molecular flexibility index (Phi) is 6.99. The number of ether oxygens (including phenoxy) is 1. The monoisotopic (exact) mass is 338 g/mol. The Morgan fingerprint density at radius 3 is 2.71 bits per heavy atom. The molecule has 1 aromatic rings. The molecule has 0 bridgehead atoms. The van der Waals surface area contributed by atoms with Gasteiger partial charge in [0.05, 0.1) is 11.8 Å². The van der Waals surface area contributed by atoms with Crippen LogP contribution in [0.1, 0.15) is 38.7 Å². The molecule has 6 heteroatoms. The second kappa shape index (κ2) is 8.99. The SMILES string of the molecule is CCOC(CC)C(=O)NCc1ccc(N2CCC(O)CC2)c(F)c1. The van der Waals surface area contributed by atoms with Gasteiger partial charge in [-0.15, -0.1) is 0 Å². The lowest BCUT2D eigenvalue weighted by Gasteiger charge is -2.31. The van der Waals surface area contributed by atoms with E-state index in [1.807, 2.05) is 24.8 Å². The third-order valence-electron chi connectivity index (χ3n) is 4.32. The summed E-state index contributed by atoms with van der Waals surface area (Å²) >= 11 is 0. The number of halogens is 1. The average Bonchev–Trinajstić information content (AvgIpc) is 2.58. The van der Waals surface area contributed by atoms with Gasteiger partial charge in [-0.3, -0.25) is 4.79 Å². The van der Waals surface area contributed by atoms with Gasteiger partial charge >= 0.3 is 0 Å². The van der Waals surface area contributed by atoms with Crippen molar-refractivity contribution in [3.63, 3.8) is 0 Å². The van der Waals surface area contributed by atoms with Crippen molar-refractivity contribution in [2.24, 2.45) is 0 Å². The van der Waals surface area contributed by atoms with E-state index >= 15 is 0 Å². The van der Waals surface area contributed by atoms with Crippen molar-refractivity contribution in [3.8, 4) is 0 Å². The van der Waals surface area contributed by atoms with Crippen LogP contribution in [0.3, 0.4) is 0 Å². The van der Waals surface area contributed by atoms with Gasteiger partial charge in [-0.2, -0.15) is 0 Å². The van der Waals surface area contributed by atoms with Gasteiger partial charge < -0.3 is 20.1 Å². The summed E-state index contributed by atoms with van der Waals surface area (Å²) in [6.45, 7) is 5.81. The van der Waals surface area contributed by atoms with Crippen molar-refractivity contribution >= 4 is 11.6 Å². The zero-order chi connectivity index (χ0) is 17.5. The van der Waals surface area contributed by atoms with E-state index in [4.69, 9.17) is 4.74 Å². The molecule has 1 amide bonds. The smallest absolute Gasteiger partial charge is 0.249 e. The van der Waals surface area contributed by atoms with E-state index in [1.54, 1.807) is 6.07 Å². The van der Waals surface area contributed by atoms with Gasteiger partial charge in [-0.1, -0.05) is 13.0 Å². The molecule has 1 aliphatic rings. The highest BCUT2D eigenvalue weighted by Crippen LogP contribution is 2.24. The van der Waals surface area contributed by atoms with Crippen molar-refractivity contribution in [1.82, 2.24) is 5.32 Å². The van der Waals surface area contributed by atoms with Crippen molar-refractivity contribution in [3.05, 3.63) is 29.6 Å². The fourth-order valence-corrected chi connectivity index (χ4v) is 2.91. The molecule has 1 fully saturated rings. The second-order valence-corrected chi connectivity index (χ2v) is 6.07. The molecule has 1 saturated heterocycles. The summed E-state index contributed by atoms with van der Waals surface area (Å²) < 4.78 is 19.7. The highest BCUT2D eigenvalue weighted by molar-refractivity contribution is 5.80. The molecule has 1 aliphatic heterocycles. The number of benzene rings is 1. The van der Waals surface area contributed by atoms with Gasteiger partial charge in [-0.25, -0.2) is 4.39 Å². The lowest BCUT2D eigenvalue weighted by atomic mass is 10.1. The van der Waals surface area contributed by atoms with Gasteiger partial charge in [0.25, 0.3) is 0 Å². The standard InChI is InChI=1S/C18H27FN2O3/c1-3-17(24-4-2)18(23)20-12-13-5-6-16(15(19)11-13)21-9-7-14(22)8-10-21/h5-6,11,14,17,22H,3-4,7-10,12H2,1-2H3,(H,20,23). The third-order valence-corrected chi connectivity index (χ3v) is 4.32. The van der Waals surface area contributed by atoms with Crippen LogP contribution >= 0.6 is 0 Å². The topological polar surface area (TPSA) is 61.8 Å². The molecule has 1 atom stereocenters. The van der Waals surface area contributed by atoms with E-state index in [2.05, 4.69) is 5.32 Å².